The molecule has 3 heteroatoms. The highest BCUT2D eigenvalue weighted by Crippen LogP contribution is 2.41. The van der Waals surface area contributed by atoms with E-state index in [1.54, 1.807) is 7.11 Å². The monoisotopic (exact) mass is 352 g/mol. The van der Waals surface area contributed by atoms with Gasteiger partial charge in [0.1, 0.15) is 5.75 Å². The van der Waals surface area contributed by atoms with Gasteiger partial charge in [0.05, 0.1) is 12.8 Å². The predicted molar refractivity (Wildman–Crippen MR) is 110 cm³/mol. The quantitative estimate of drug-likeness (QED) is 0.720. The zero-order valence-corrected chi connectivity index (χ0v) is 17.1. The standard InChI is InChI=1S/C23H32N2O/c1-7-20-16(2)24-17(3)21(18-9-8-10-19(15-18)26-6)22(20)25-13-11-23(4,5)12-14-25/h8-10,15H,7,11-14H2,1-6H3. The number of rotatable bonds is 4. The smallest absolute Gasteiger partial charge is 0.119 e. The predicted octanol–water partition coefficient (Wildman–Crippen LogP) is 5.56. The molecule has 1 aromatic heterocycles. The van der Waals surface area contributed by atoms with E-state index >= 15 is 0 Å². The maximum atomic E-state index is 5.48. The zero-order valence-electron chi connectivity index (χ0n) is 17.1. The van der Waals surface area contributed by atoms with Crippen LogP contribution in [0.15, 0.2) is 24.3 Å². The first-order valence-electron chi connectivity index (χ1n) is 9.75. The third-order valence-corrected chi connectivity index (χ3v) is 5.80. The van der Waals surface area contributed by atoms with Crippen LogP contribution < -0.4 is 9.64 Å². The molecule has 0 atom stereocenters. The Kier molecular flexibility index (Phi) is 5.27. The number of hydrogen-bond acceptors (Lipinski definition) is 3. The summed E-state index contributed by atoms with van der Waals surface area (Å²) in [5.74, 6) is 0.895. The number of hydrogen-bond donors (Lipinski definition) is 0. The fraction of sp³-hybridized carbons (Fsp3) is 0.522. The van der Waals surface area contributed by atoms with Crippen LogP contribution in [-0.4, -0.2) is 25.2 Å². The van der Waals surface area contributed by atoms with Gasteiger partial charge in [0.15, 0.2) is 0 Å². The highest BCUT2D eigenvalue weighted by molar-refractivity contribution is 5.84. The van der Waals surface area contributed by atoms with Crippen molar-refractivity contribution in [2.75, 3.05) is 25.1 Å². The van der Waals surface area contributed by atoms with Crippen molar-refractivity contribution in [2.24, 2.45) is 5.41 Å². The molecule has 140 valence electrons. The van der Waals surface area contributed by atoms with Gasteiger partial charge in [-0.2, -0.15) is 0 Å². The van der Waals surface area contributed by atoms with E-state index in [1.165, 1.54) is 35.2 Å². The highest BCUT2D eigenvalue weighted by atomic mass is 16.5. The molecule has 0 saturated carbocycles. The minimum absolute atomic E-state index is 0.441. The summed E-state index contributed by atoms with van der Waals surface area (Å²) in [5, 5.41) is 0. The first-order valence-corrected chi connectivity index (χ1v) is 9.75. The molecule has 26 heavy (non-hydrogen) atoms. The van der Waals surface area contributed by atoms with Crippen LogP contribution in [0.25, 0.3) is 11.1 Å². The molecule has 2 aromatic rings. The molecule has 0 spiro atoms. The lowest BCUT2D eigenvalue weighted by atomic mass is 9.82. The summed E-state index contributed by atoms with van der Waals surface area (Å²) >= 11 is 0. The van der Waals surface area contributed by atoms with E-state index in [2.05, 4.69) is 57.7 Å². The van der Waals surface area contributed by atoms with Crippen molar-refractivity contribution in [3.63, 3.8) is 0 Å². The molecule has 1 aliphatic heterocycles. The summed E-state index contributed by atoms with van der Waals surface area (Å²) < 4.78 is 5.48. The number of ether oxygens (including phenoxy) is 1. The Bertz CT molecular complexity index is 785. The maximum absolute atomic E-state index is 5.48. The van der Waals surface area contributed by atoms with Crippen LogP contribution in [0.1, 0.15) is 50.6 Å². The van der Waals surface area contributed by atoms with Gasteiger partial charge in [-0.1, -0.05) is 32.9 Å². The van der Waals surface area contributed by atoms with Crippen molar-refractivity contribution >= 4 is 5.69 Å². The SMILES string of the molecule is CCc1c(C)nc(C)c(-c2cccc(OC)c2)c1N1CCC(C)(C)CC1. The second-order valence-electron chi connectivity index (χ2n) is 8.22. The van der Waals surface area contributed by atoms with E-state index in [9.17, 15) is 0 Å². The molecule has 1 saturated heterocycles. The van der Waals surface area contributed by atoms with E-state index in [0.29, 0.717) is 5.41 Å². The van der Waals surface area contributed by atoms with Gasteiger partial charge in [0, 0.05) is 30.0 Å². The van der Waals surface area contributed by atoms with Crippen molar-refractivity contribution in [2.45, 2.75) is 53.9 Å². The van der Waals surface area contributed by atoms with E-state index in [-0.39, 0.29) is 0 Å². The molecule has 2 heterocycles. The number of aromatic nitrogens is 1. The lowest BCUT2D eigenvalue weighted by Crippen LogP contribution is -2.38. The van der Waals surface area contributed by atoms with Gasteiger partial charge in [-0.15, -0.1) is 0 Å². The Morgan fingerprint density at radius 2 is 1.81 bits per heavy atom. The van der Waals surface area contributed by atoms with E-state index in [1.807, 2.05) is 6.07 Å². The molecule has 3 nitrogen and oxygen atoms in total. The van der Waals surface area contributed by atoms with E-state index in [4.69, 9.17) is 9.72 Å². The molecular formula is C23H32N2O. The minimum Gasteiger partial charge on any atom is -0.497 e. The van der Waals surface area contributed by atoms with Crippen molar-refractivity contribution in [1.82, 2.24) is 4.98 Å². The number of anilines is 1. The van der Waals surface area contributed by atoms with Gasteiger partial charge in [-0.25, -0.2) is 0 Å². The van der Waals surface area contributed by atoms with Crippen LogP contribution >= 0.6 is 0 Å². The first-order chi connectivity index (χ1) is 12.4. The third kappa shape index (κ3) is 3.58. The summed E-state index contributed by atoms with van der Waals surface area (Å²) in [4.78, 5) is 7.49. The van der Waals surface area contributed by atoms with Gasteiger partial charge in [0.2, 0.25) is 0 Å². The van der Waals surface area contributed by atoms with Crippen molar-refractivity contribution in [3.8, 4) is 16.9 Å². The van der Waals surface area contributed by atoms with Gasteiger partial charge in [-0.3, -0.25) is 4.98 Å². The number of aryl methyl sites for hydroxylation is 2. The lowest BCUT2D eigenvalue weighted by molar-refractivity contribution is 0.279. The average molecular weight is 353 g/mol. The molecule has 0 aliphatic carbocycles. The molecule has 0 radical (unpaired) electrons. The Hall–Kier alpha value is -2.03. The Labute approximate surface area is 158 Å². The van der Waals surface area contributed by atoms with Crippen LogP contribution in [0.2, 0.25) is 0 Å². The zero-order chi connectivity index (χ0) is 18.9. The number of methoxy groups -OCH3 is 1. The molecule has 0 amide bonds. The fourth-order valence-electron chi connectivity index (χ4n) is 4.10. The summed E-state index contributed by atoms with van der Waals surface area (Å²) in [5.41, 5.74) is 7.95. The Morgan fingerprint density at radius 1 is 1.12 bits per heavy atom. The molecule has 0 bridgehead atoms. The maximum Gasteiger partial charge on any atom is 0.119 e. The third-order valence-electron chi connectivity index (χ3n) is 5.80. The van der Waals surface area contributed by atoms with Crippen LogP contribution in [0.4, 0.5) is 5.69 Å². The van der Waals surface area contributed by atoms with Gasteiger partial charge >= 0.3 is 0 Å². The average Bonchev–Trinajstić information content (AvgIpc) is 2.61. The molecule has 3 rings (SSSR count). The van der Waals surface area contributed by atoms with Crippen molar-refractivity contribution in [3.05, 3.63) is 41.2 Å². The Morgan fingerprint density at radius 3 is 2.42 bits per heavy atom. The van der Waals surface area contributed by atoms with Crippen LogP contribution in [0, 0.1) is 19.3 Å². The largest absolute Gasteiger partial charge is 0.497 e. The number of piperidine rings is 1. The highest BCUT2D eigenvalue weighted by Gasteiger charge is 2.29. The lowest BCUT2D eigenvalue weighted by Gasteiger charge is -2.40. The van der Waals surface area contributed by atoms with Crippen LogP contribution in [-0.2, 0) is 6.42 Å². The van der Waals surface area contributed by atoms with Crippen molar-refractivity contribution in [1.29, 1.82) is 0 Å². The van der Waals surface area contributed by atoms with Gasteiger partial charge in [-0.05, 0) is 61.8 Å². The minimum atomic E-state index is 0.441. The fourth-order valence-corrected chi connectivity index (χ4v) is 4.10. The van der Waals surface area contributed by atoms with Gasteiger partial charge < -0.3 is 9.64 Å². The van der Waals surface area contributed by atoms with E-state index < -0.39 is 0 Å². The van der Waals surface area contributed by atoms with Crippen LogP contribution in [0.5, 0.6) is 5.75 Å². The summed E-state index contributed by atoms with van der Waals surface area (Å²) in [6, 6.07) is 8.39. The summed E-state index contributed by atoms with van der Waals surface area (Å²) in [6.07, 6.45) is 3.47. The first kappa shape index (κ1) is 18.8. The number of benzene rings is 1. The molecule has 1 aromatic carbocycles. The van der Waals surface area contributed by atoms with Crippen molar-refractivity contribution < 1.29 is 4.74 Å². The summed E-state index contributed by atoms with van der Waals surface area (Å²) in [7, 11) is 1.73. The number of pyridine rings is 1. The van der Waals surface area contributed by atoms with E-state index in [0.717, 1.165) is 36.6 Å². The van der Waals surface area contributed by atoms with Crippen LogP contribution in [0.3, 0.4) is 0 Å². The summed E-state index contributed by atoms with van der Waals surface area (Å²) in [6.45, 7) is 13.5. The number of nitrogens with zero attached hydrogens (tertiary/aromatic N) is 2. The topological polar surface area (TPSA) is 25.4 Å². The van der Waals surface area contributed by atoms with Gasteiger partial charge in [0.25, 0.3) is 0 Å². The molecule has 1 fully saturated rings. The molecule has 0 N–H and O–H groups in total. The molecule has 1 aliphatic rings. The normalized spacial score (nSPS) is 16.6. The second-order valence-corrected chi connectivity index (χ2v) is 8.22. The Balaban J connectivity index is 2.17. The second kappa shape index (κ2) is 7.30. The molecular weight excluding hydrogens is 320 g/mol. The molecule has 0 unspecified atom stereocenters.